The second-order valence-corrected chi connectivity index (χ2v) is 18.0. The van der Waals surface area contributed by atoms with E-state index < -0.39 is 22.8 Å². The lowest BCUT2D eigenvalue weighted by molar-refractivity contribution is -0.120. The number of ether oxygens (including phenoxy) is 2. The average Bonchev–Trinajstić information content (AvgIpc) is 4.15. The minimum absolute atomic E-state index is 0.0255. The summed E-state index contributed by atoms with van der Waals surface area (Å²) in [4.78, 5) is 55.3. The number of carbonyl (C=O) groups is 4. The number of fused-ring (bicyclic) bond motifs is 4. The number of halogens is 4. The Morgan fingerprint density at radius 2 is 0.933 bits per heavy atom. The van der Waals surface area contributed by atoms with Crippen LogP contribution in [0.1, 0.15) is 67.6 Å². The summed E-state index contributed by atoms with van der Waals surface area (Å²) in [5, 5.41) is 1.36. The van der Waals surface area contributed by atoms with Crippen LogP contribution in [0.3, 0.4) is 0 Å². The fourth-order valence-electron chi connectivity index (χ4n) is 9.12. The van der Waals surface area contributed by atoms with Crippen LogP contribution in [0.4, 0.5) is 22.7 Å². The second-order valence-electron chi connectivity index (χ2n) is 15.3. The van der Waals surface area contributed by atoms with Crippen molar-refractivity contribution >= 4 is 102 Å². The normalized spacial score (nSPS) is 21.6. The van der Waals surface area contributed by atoms with Gasteiger partial charge in [-0.3, -0.25) is 19.4 Å². The lowest BCUT2D eigenvalue weighted by atomic mass is 9.92. The maximum Gasteiger partial charge on any atom is 0.337 e. The Balaban J connectivity index is 0.000000154. The van der Waals surface area contributed by atoms with Crippen LogP contribution in [0.2, 0.25) is 10.0 Å². The number of amides is 2. The summed E-state index contributed by atoms with van der Waals surface area (Å²) in [6, 6.07) is 41.7. The summed E-state index contributed by atoms with van der Waals surface area (Å²) in [6.45, 7) is 0. The maximum atomic E-state index is 13.8. The van der Waals surface area contributed by atoms with Gasteiger partial charge in [-0.2, -0.15) is 0 Å². The lowest BCUT2D eigenvalue weighted by Crippen LogP contribution is -2.29. The number of methoxy groups -OCH3 is 2. The van der Waals surface area contributed by atoms with Crippen LogP contribution in [-0.4, -0.2) is 38.0 Å². The summed E-state index contributed by atoms with van der Waals surface area (Å²) >= 11 is 19.0. The van der Waals surface area contributed by atoms with Gasteiger partial charge in [-0.15, -0.1) is 0 Å². The third kappa shape index (κ3) is 6.56. The standard InChI is InChI=1S/2C24H17BrClNO3/c2*1-30-22(28)15-10-16(25)12-18(11-15)27-21-5-3-2-4-19(21)24(23(27)29)13-20(24)14-6-8-17(26)9-7-14/h2*2-12,20H,13H2,1H3/t2*20-,24+/m10/s1. The summed E-state index contributed by atoms with van der Waals surface area (Å²) in [7, 11) is 2.68. The smallest absolute Gasteiger partial charge is 0.337 e. The minimum atomic E-state index is -0.585. The van der Waals surface area contributed by atoms with Gasteiger partial charge in [-0.25, -0.2) is 9.59 Å². The number of esters is 2. The minimum Gasteiger partial charge on any atom is -0.465 e. The highest BCUT2D eigenvalue weighted by Crippen LogP contribution is 2.68. The Bertz CT molecular complexity index is 2580. The van der Waals surface area contributed by atoms with E-state index in [-0.39, 0.29) is 23.7 Å². The maximum absolute atomic E-state index is 13.8. The zero-order chi connectivity index (χ0) is 42.1. The molecular weight excluding hydrogens is 931 g/mol. The van der Waals surface area contributed by atoms with Crippen molar-refractivity contribution in [3.63, 3.8) is 0 Å². The molecule has 0 saturated heterocycles. The van der Waals surface area contributed by atoms with Crippen LogP contribution in [0.5, 0.6) is 0 Å². The van der Waals surface area contributed by atoms with Crippen LogP contribution in [0, 0.1) is 0 Å². The Morgan fingerprint density at radius 3 is 1.30 bits per heavy atom. The summed E-state index contributed by atoms with van der Waals surface area (Å²) in [5.74, 6) is -0.647. The first-order valence-corrected chi connectivity index (χ1v) is 21.4. The predicted molar refractivity (Wildman–Crippen MR) is 239 cm³/mol. The highest BCUT2D eigenvalue weighted by atomic mass is 79.9. The molecule has 2 aliphatic heterocycles. The molecule has 10 rings (SSSR count). The van der Waals surface area contributed by atoms with Gasteiger partial charge in [0, 0.05) is 30.8 Å². The molecule has 6 aromatic carbocycles. The quantitative estimate of drug-likeness (QED) is 0.154. The fraction of sp³-hybridized carbons (Fsp3) is 0.167. The van der Waals surface area contributed by atoms with Gasteiger partial charge in [0.05, 0.1) is 58.9 Å². The number of benzene rings is 6. The molecule has 2 aliphatic carbocycles. The van der Waals surface area contributed by atoms with Crippen molar-refractivity contribution < 1.29 is 28.7 Å². The van der Waals surface area contributed by atoms with Crippen molar-refractivity contribution in [3.8, 4) is 0 Å². The van der Waals surface area contributed by atoms with Crippen LogP contribution < -0.4 is 9.80 Å². The van der Waals surface area contributed by atoms with Gasteiger partial charge in [-0.05, 0) is 108 Å². The molecule has 300 valence electrons. The first-order chi connectivity index (χ1) is 28.9. The average molecular weight is 966 g/mol. The van der Waals surface area contributed by atoms with E-state index in [1.54, 1.807) is 34.1 Å². The molecule has 6 aromatic rings. The van der Waals surface area contributed by atoms with Crippen molar-refractivity contribution in [1.82, 2.24) is 0 Å². The molecule has 0 radical (unpaired) electrons. The topological polar surface area (TPSA) is 93.2 Å². The van der Waals surface area contributed by atoms with Crippen molar-refractivity contribution in [3.05, 3.63) is 186 Å². The molecule has 0 bridgehead atoms. The molecule has 2 saturated carbocycles. The van der Waals surface area contributed by atoms with Crippen molar-refractivity contribution in [1.29, 1.82) is 0 Å². The first kappa shape index (κ1) is 40.2. The van der Waals surface area contributed by atoms with Crippen LogP contribution in [-0.2, 0) is 29.9 Å². The third-order valence-electron chi connectivity index (χ3n) is 12.0. The van der Waals surface area contributed by atoms with Gasteiger partial charge in [0.25, 0.3) is 0 Å². The molecule has 0 aromatic heterocycles. The molecule has 0 N–H and O–H groups in total. The monoisotopic (exact) mass is 962 g/mol. The van der Waals surface area contributed by atoms with Crippen molar-refractivity contribution in [2.75, 3.05) is 24.0 Å². The molecule has 60 heavy (non-hydrogen) atoms. The largest absolute Gasteiger partial charge is 0.465 e. The van der Waals surface area contributed by atoms with E-state index in [9.17, 15) is 19.2 Å². The fourth-order valence-corrected chi connectivity index (χ4v) is 10.3. The summed E-state index contributed by atoms with van der Waals surface area (Å²) < 4.78 is 11.1. The molecule has 4 aliphatic rings. The second kappa shape index (κ2) is 15.3. The Hall–Kier alpha value is -5.26. The van der Waals surface area contributed by atoms with Gasteiger partial charge in [0.2, 0.25) is 11.8 Å². The molecular formula is C48H34Br2Cl2N2O6. The van der Waals surface area contributed by atoms with E-state index >= 15 is 0 Å². The number of para-hydroxylation sites is 2. The van der Waals surface area contributed by atoms with Gasteiger partial charge in [0.1, 0.15) is 0 Å². The predicted octanol–water partition coefficient (Wildman–Crippen LogP) is 12.0. The van der Waals surface area contributed by atoms with Crippen LogP contribution in [0.25, 0.3) is 0 Å². The highest BCUT2D eigenvalue weighted by Gasteiger charge is 2.68. The Kier molecular flexibility index (Phi) is 10.3. The number of nitrogens with zero attached hydrogens (tertiary/aromatic N) is 2. The number of hydrogen-bond donors (Lipinski definition) is 0. The number of anilines is 4. The molecule has 0 unspecified atom stereocenters. The van der Waals surface area contributed by atoms with Crippen LogP contribution in [0.15, 0.2) is 142 Å². The van der Waals surface area contributed by atoms with Gasteiger partial charge < -0.3 is 9.47 Å². The van der Waals surface area contributed by atoms with E-state index in [1.807, 2.05) is 109 Å². The van der Waals surface area contributed by atoms with Crippen LogP contribution >= 0.6 is 55.1 Å². The van der Waals surface area contributed by atoms with E-state index in [0.717, 1.165) is 46.5 Å². The summed E-state index contributed by atoms with van der Waals surface area (Å²) in [5.41, 5.74) is 6.85. The Morgan fingerprint density at radius 1 is 0.567 bits per heavy atom. The van der Waals surface area contributed by atoms with E-state index in [0.29, 0.717) is 41.5 Å². The molecule has 2 fully saturated rings. The van der Waals surface area contributed by atoms with Crippen molar-refractivity contribution in [2.24, 2.45) is 0 Å². The van der Waals surface area contributed by atoms with E-state index in [4.69, 9.17) is 32.7 Å². The lowest BCUT2D eigenvalue weighted by Gasteiger charge is -2.19. The Labute approximate surface area is 373 Å². The zero-order valence-electron chi connectivity index (χ0n) is 32.1. The molecule has 2 spiro atoms. The first-order valence-electron chi connectivity index (χ1n) is 19.1. The third-order valence-corrected chi connectivity index (χ3v) is 13.4. The molecule has 2 amide bonds. The number of carbonyl (C=O) groups excluding carboxylic acids is 4. The molecule has 8 nitrogen and oxygen atoms in total. The van der Waals surface area contributed by atoms with E-state index in [1.165, 1.54) is 14.2 Å². The van der Waals surface area contributed by atoms with E-state index in [2.05, 4.69) is 31.9 Å². The molecule has 12 heteroatoms. The SMILES string of the molecule is COC(=O)c1cc(Br)cc(N2C(=O)[C@@]3(C[C@@H]3c3ccc(Cl)cc3)c3ccccc32)c1.COC(=O)c1cc(Br)cc(N2C(=O)[C@]3(C[C@H]3c3ccc(Cl)cc3)c3ccccc32)c1. The summed E-state index contributed by atoms with van der Waals surface area (Å²) in [6.07, 6.45) is 1.50. The van der Waals surface area contributed by atoms with Gasteiger partial charge in [0.15, 0.2) is 0 Å². The number of rotatable bonds is 6. The molecule has 2 heterocycles. The molecule has 4 atom stereocenters. The number of hydrogen-bond acceptors (Lipinski definition) is 6. The van der Waals surface area contributed by atoms with Gasteiger partial charge in [-0.1, -0.05) is 116 Å². The zero-order valence-corrected chi connectivity index (χ0v) is 36.8. The van der Waals surface area contributed by atoms with Gasteiger partial charge >= 0.3 is 11.9 Å². The highest BCUT2D eigenvalue weighted by molar-refractivity contribution is 9.10. The van der Waals surface area contributed by atoms with Crippen molar-refractivity contribution in [2.45, 2.75) is 35.5 Å².